The van der Waals surface area contributed by atoms with Crippen LogP contribution in [0.25, 0.3) is 21.0 Å². The standard InChI is InChI=1S/C26H23N3O4S2/c30-21(22(31)26(33)29-14-18-3-1-2-4-19(18)15-29)24(32)28-13-16-5-7-17(8-6-16)23-20(9-11-34-23)25-27-10-12-35-25/h1-12,21-22,30-31H,13-15H2,(H,28,32)/t21-,22-/m1/s1. The minimum atomic E-state index is -1.85. The van der Waals surface area contributed by atoms with E-state index in [1.165, 1.54) is 4.90 Å². The van der Waals surface area contributed by atoms with Crippen molar-refractivity contribution in [2.75, 3.05) is 0 Å². The molecule has 7 nitrogen and oxygen atoms in total. The van der Waals surface area contributed by atoms with Crippen molar-refractivity contribution in [2.24, 2.45) is 0 Å². The van der Waals surface area contributed by atoms with E-state index in [0.29, 0.717) is 13.1 Å². The molecule has 0 spiro atoms. The number of fused-ring (bicyclic) bond motifs is 1. The third-order valence-electron chi connectivity index (χ3n) is 5.98. The minimum Gasteiger partial charge on any atom is -0.380 e. The molecule has 1 aliphatic heterocycles. The van der Waals surface area contributed by atoms with Gasteiger partial charge in [-0.15, -0.1) is 22.7 Å². The second-order valence-corrected chi connectivity index (χ2v) is 10.1. The third kappa shape index (κ3) is 4.89. The molecule has 5 rings (SSSR count). The first-order chi connectivity index (χ1) is 17.0. The molecule has 9 heteroatoms. The van der Waals surface area contributed by atoms with Crippen molar-refractivity contribution in [3.8, 4) is 21.0 Å². The van der Waals surface area contributed by atoms with Crippen molar-refractivity contribution >= 4 is 34.5 Å². The number of hydrogen-bond acceptors (Lipinski definition) is 7. The van der Waals surface area contributed by atoms with E-state index in [2.05, 4.69) is 16.4 Å². The van der Waals surface area contributed by atoms with E-state index in [1.807, 2.05) is 59.3 Å². The van der Waals surface area contributed by atoms with Crippen molar-refractivity contribution in [1.82, 2.24) is 15.2 Å². The SMILES string of the molecule is O=C(NCc1ccc(-c2sccc2-c2nccs2)cc1)[C@H](O)[C@@H](O)C(=O)N1Cc2ccccc2C1. The molecule has 0 unspecified atom stereocenters. The number of hydrogen-bond donors (Lipinski definition) is 3. The normalized spacial score (nSPS) is 14.4. The highest BCUT2D eigenvalue weighted by Gasteiger charge is 2.35. The van der Waals surface area contributed by atoms with Gasteiger partial charge in [-0.25, -0.2) is 4.98 Å². The summed E-state index contributed by atoms with van der Waals surface area (Å²) in [5, 5.41) is 28.2. The lowest BCUT2D eigenvalue weighted by atomic mass is 10.1. The van der Waals surface area contributed by atoms with Crippen molar-refractivity contribution in [3.63, 3.8) is 0 Å². The molecule has 2 aromatic heterocycles. The van der Waals surface area contributed by atoms with Gasteiger partial charge in [0.05, 0.1) is 0 Å². The van der Waals surface area contributed by atoms with E-state index >= 15 is 0 Å². The molecule has 2 atom stereocenters. The number of nitrogens with one attached hydrogen (secondary N) is 1. The van der Waals surface area contributed by atoms with Crippen LogP contribution in [0.1, 0.15) is 16.7 Å². The number of thiazole rings is 1. The van der Waals surface area contributed by atoms with E-state index in [1.54, 1.807) is 28.9 Å². The van der Waals surface area contributed by atoms with E-state index in [0.717, 1.165) is 37.7 Å². The van der Waals surface area contributed by atoms with Gasteiger partial charge in [0.25, 0.3) is 11.8 Å². The first-order valence-corrected chi connectivity index (χ1v) is 12.8. The summed E-state index contributed by atoms with van der Waals surface area (Å²) < 4.78 is 0. The number of aliphatic hydroxyl groups excluding tert-OH is 2. The molecule has 0 saturated heterocycles. The number of aromatic nitrogens is 1. The Labute approximate surface area is 210 Å². The van der Waals surface area contributed by atoms with Gasteiger partial charge in [0, 0.05) is 41.7 Å². The smallest absolute Gasteiger partial charge is 0.255 e. The molecule has 2 amide bonds. The van der Waals surface area contributed by atoms with E-state index in [-0.39, 0.29) is 6.54 Å². The van der Waals surface area contributed by atoms with Crippen LogP contribution in [0, 0.1) is 0 Å². The van der Waals surface area contributed by atoms with Crippen molar-refractivity contribution in [1.29, 1.82) is 0 Å². The lowest BCUT2D eigenvalue weighted by Crippen LogP contribution is -2.49. The molecule has 4 aromatic rings. The van der Waals surface area contributed by atoms with Crippen LogP contribution in [-0.4, -0.2) is 44.1 Å². The lowest BCUT2D eigenvalue weighted by molar-refractivity contribution is -0.153. The quantitative estimate of drug-likeness (QED) is 0.357. The summed E-state index contributed by atoms with van der Waals surface area (Å²) >= 11 is 3.23. The molecule has 35 heavy (non-hydrogen) atoms. The van der Waals surface area contributed by atoms with Gasteiger partial charge in [-0.2, -0.15) is 0 Å². The van der Waals surface area contributed by atoms with Crippen LogP contribution in [0.5, 0.6) is 0 Å². The highest BCUT2D eigenvalue weighted by atomic mass is 32.1. The molecule has 0 radical (unpaired) electrons. The van der Waals surface area contributed by atoms with Crippen LogP contribution in [0.3, 0.4) is 0 Å². The monoisotopic (exact) mass is 505 g/mol. The zero-order chi connectivity index (χ0) is 24.4. The van der Waals surface area contributed by atoms with Crippen LogP contribution in [0.15, 0.2) is 71.6 Å². The first-order valence-electron chi connectivity index (χ1n) is 11.1. The lowest BCUT2D eigenvalue weighted by Gasteiger charge is -2.22. The Morgan fingerprint density at radius 1 is 0.943 bits per heavy atom. The summed E-state index contributed by atoms with van der Waals surface area (Å²) in [6.45, 7) is 0.860. The van der Waals surface area contributed by atoms with Gasteiger partial charge < -0.3 is 20.4 Å². The highest BCUT2D eigenvalue weighted by Crippen LogP contribution is 2.37. The van der Waals surface area contributed by atoms with Crippen molar-refractivity contribution < 1.29 is 19.8 Å². The van der Waals surface area contributed by atoms with Crippen LogP contribution in [-0.2, 0) is 29.2 Å². The number of aliphatic hydroxyl groups is 2. The number of amides is 2. The number of benzene rings is 2. The second kappa shape index (κ2) is 10.1. The van der Waals surface area contributed by atoms with E-state index in [9.17, 15) is 19.8 Å². The molecule has 0 aliphatic carbocycles. The fraction of sp³-hybridized carbons (Fsp3) is 0.192. The molecule has 0 saturated carbocycles. The number of rotatable bonds is 7. The number of carbonyl (C=O) groups is 2. The van der Waals surface area contributed by atoms with E-state index in [4.69, 9.17) is 0 Å². The van der Waals surface area contributed by atoms with Gasteiger partial charge in [0.15, 0.2) is 12.2 Å². The zero-order valence-corrected chi connectivity index (χ0v) is 20.3. The fourth-order valence-corrected chi connectivity index (χ4v) is 5.72. The van der Waals surface area contributed by atoms with Crippen molar-refractivity contribution in [2.45, 2.75) is 31.8 Å². The summed E-state index contributed by atoms with van der Waals surface area (Å²) in [4.78, 5) is 32.0. The van der Waals surface area contributed by atoms with Gasteiger partial charge in [-0.1, -0.05) is 48.5 Å². The maximum absolute atomic E-state index is 12.6. The summed E-state index contributed by atoms with van der Waals surface area (Å²) in [5.74, 6) is -1.46. The Morgan fingerprint density at radius 3 is 2.31 bits per heavy atom. The molecule has 0 fully saturated rings. The average molecular weight is 506 g/mol. The van der Waals surface area contributed by atoms with Gasteiger partial charge >= 0.3 is 0 Å². The number of nitrogens with zero attached hydrogens (tertiary/aromatic N) is 2. The van der Waals surface area contributed by atoms with Crippen LogP contribution in [0.4, 0.5) is 0 Å². The Bertz CT molecular complexity index is 1310. The Kier molecular flexibility index (Phi) is 6.74. The minimum absolute atomic E-state index is 0.163. The van der Waals surface area contributed by atoms with Crippen LogP contribution >= 0.6 is 22.7 Å². The number of carbonyl (C=O) groups excluding carboxylic acids is 2. The predicted octanol–water partition coefficient (Wildman–Crippen LogP) is 3.42. The Morgan fingerprint density at radius 2 is 1.66 bits per heavy atom. The van der Waals surface area contributed by atoms with Gasteiger partial charge in [-0.3, -0.25) is 9.59 Å². The average Bonchev–Trinajstić information content (AvgIpc) is 3.66. The molecule has 178 valence electrons. The molecule has 1 aliphatic rings. The third-order valence-corrected chi connectivity index (χ3v) is 7.75. The highest BCUT2D eigenvalue weighted by molar-refractivity contribution is 7.16. The molecule has 2 aromatic carbocycles. The summed E-state index contributed by atoms with van der Waals surface area (Å²) in [5.41, 5.74) is 4.97. The second-order valence-electron chi connectivity index (χ2n) is 8.27. The maximum atomic E-state index is 12.6. The largest absolute Gasteiger partial charge is 0.380 e. The van der Waals surface area contributed by atoms with Gasteiger partial charge in [0.1, 0.15) is 5.01 Å². The topological polar surface area (TPSA) is 103 Å². The van der Waals surface area contributed by atoms with E-state index < -0.39 is 24.0 Å². The van der Waals surface area contributed by atoms with Crippen LogP contribution in [0.2, 0.25) is 0 Å². The summed E-state index contributed by atoms with van der Waals surface area (Å²) in [7, 11) is 0. The summed E-state index contributed by atoms with van der Waals surface area (Å²) in [6, 6.07) is 17.4. The van der Waals surface area contributed by atoms with Crippen molar-refractivity contribution in [3.05, 3.63) is 88.2 Å². The molecule has 3 N–H and O–H groups in total. The molecule has 0 bridgehead atoms. The van der Waals surface area contributed by atoms with Crippen LogP contribution < -0.4 is 5.32 Å². The predicted molar refractivity (Wildman–Crippen MR) is 135 cm³/mol. The Balaban J connectivity index is 1.17. The van der Waals surface area contributed by atoms with Gasteiger partial charge in [0.2, 0.25) is 0 Å². The molecular weight excluding hydrogens is 482 g/mol. The summed E-state index contributed by atoms with van der Waals surface area (Å²) in [6.07, 6.45) is -1.89. The fourth-order valence-electron chi connectivity index (χ4n) is 4.08. The maximum Gasteiger partial charge on any atom is 0.255 e. The molecular formula is C26H23N3O4S2. The molecule has 3 heterocycles. The van der Waals surface area contributed by atoms with Gasteiger partial charge in [-0.05, 0) is 33.7 Å². The first kappa shape index (κ1) is 23.4. The Hall–Kier alpha value is -3.37. The zero-order valence-electron chi connectivity index (χ0n) is 18.6. The number of thiophene rings is 1.